The predicted molar refractivity (Wildman–Crippen MR) is 117 cm³/mol. The molecule has 4 rings (SSSR count). The number of fused-ring (bicyclic) bond motifs is 1. The Hall–Kier alpha value is -2.44. The van der Waals surface area contributed by atoms with Crippen LogP contribution in [0, 0.1) is 0 Å². The van der Waals surface area contributed by atoms with Gasteiger partial charge in [0.05, 0.1) is 28.7 Å². The maximum atomic E-state index is 9.36. The van der Waals surface area contributed by atoms with Gasteiger partial charge >= 0.3 is 0 Å². The molecule has 0 aliphatic rings. The van der Waals surface area contributed by atoms with E-state index in [1.165, 1.54) is 0 Å². The van der Waals surface area contributed by atoms with Crippen LogP contribution in [0.4, 0.5) is 0 Å². The summed E-state index contributed by atoms with van der Waals surface area (Å²) >= 11 is 13.1. The van der Waals surface area contributed by atoms with E-state index < -0.39 is 6.10 Å². The van der Waals surface area contributed by atoms with E-state index in [4.69, 9.17) is 23.2 Å². The molecule has 2 aromatic carbocycles. The summed E-state index contributed by atoms with van der Waals surface area (Å²) in [5, 5.41) is 18.5. The molecule has 29 heavy (non-hydrogen) atoms. The fourth-order valence-corrected chi connectivity index (χ4v) is 3.75. The molecule has 5 nitrogen and oxygen atoms in total. The van der Waals surface area contributed by atoms with E-state index in [2.05, 4.69) is 15.4 Å². The van der Waals surface area contributed by atoms with Crippen LogP contribution in [0.3, 0.4) is 0 Å². The Morgan fingerprint density at radius 1 is 1.00 bits per heavy atom. The molecule has 0 saturated heterocycles. The van der Waals surface area contributed by atoms with Crippen LogP contribution in [0.15, 0.2) is 60.8 Å². The minimum atomic E-state index is -0.399. The fourth-order valence-electron chi connectivity index (χ4n) is 3.19. The Bertz CT molecular complexity index is 1160. The number of imidazole rings is 1. The first kappa shape index (κ1) is 19.9. The van der Waals surface area contributed by atoms with Crippen LogP contribution in [0.1, 0.15) is 12.6 Å². The van der Waals surface area contributed by atoms with Crippen molar-refractivity contribution < 1.29 is 5.11 Å². The Kier molecular flexibility index (Phi) is 5.83. The summed E-state index contributed by atoms with van der Waals surface area (Å²) in [7, 11) is 0. The van der Waals surface area contributed by atoms with Crippen molar-refractivity contribution in [3.63, 3.8) is 0 Å². The molecule has 0 saturated carbocycles. The van der Waals surface area contributed by atoms with Crippen LogP contribution >= 0.6 is 23.2 Å². The summed E-state index contributed by atoms with van der Waals surface area (Å²) in [5.41, 5.74) is 4.93. The van der Waals surface area contributed by atoms with E-state index in [0.29, 0.717) is 23.1 Å². The molecule has 0 radical (unpaired) electrons. The van der Waals surface area contributed by atoms with Crippen molar-refractivity contribution >= 4 is 28.8 Å². The van der Waals surface area contributed by atoms with Crippen LogP contribution in [0.2, 0.25) is 10.0 Å². The highest BCUT2D eigenvalue weighted by Crippen LogP contribution is 2.38. The lowest BCUT2D eigenvalue weighted by molar-refractivity contribution is 0.191. The van der Waals surface area contributed by atoms with Crippen molar-refractivity contribution in [1.82, 2.24) is 19.9 Å². The Labute approximate surface area is 178 Å². The number of hydrogen-bond donors (Lipinski definition) is 2. The van der Waals surface area contributed by atoms with E-state index >= 15 is 0 Å². The first-order valence-corrected chi connectivity index (χ1v) is 10.1. The van der Waals surface area contributed by atoms with Gasteiger partial charge in [-0.3, -0.25) is 0 Å². The number of halogens is 2. The monoisotopic (exact) mass is 426 g/mol. The third kappa shape index (κ3) is 4.28. The van der Waals surface area contributed by atoms with Gasteiger partial charge in [0, 0.05) is 34.8 Å². The molecule has 0 bridgehead atoms. The van der Waals surface area contributed by atoms with E-state index in [-0.39, 0.29) is 0 Å². The van der Waals surface area contributed by atoms with E-state index in [9.17, 15) is 5.11 Å². The topological polar surface area (TPSA) is 62.5 Å². The minimum absolute atomic E-state index is 0.399. The Balaban J connectivity index is 1.68. The molecule has 4 aromatic rings. The third-order valence-corrected chi connectivity index (χ3v) is 5.29. The molecule has 0 aliphatic heterocycles. The molecule has 7 heteroatoms. The summed E-state index contributed by atoms with van der Waals surface area (Å²) in [6, 6.07) is 17.3. The van der Waals surface area contributed by atoms with Crippen LogP contribution in [0.25, 0.3) is 28.0 Å². The maximum absolute atomic E-state index is 9.36. The van der Waals surface area contributed by atoms with Gasteiger partial charge in [-0.05, 0) is 25.1 Å². The van der Waals surface area contributed by atoms with Crippen molar-refractivity contribution in [2.75, 3.05) is 6.54 Å². The highest BCUT2D eigenvalue weighted by Gasteiger charge is 2.14. The molecule has 2 heterocycles. The Morgan fingerprint density at radius 2 is 1.76 bits per heavy atom. The average molecular weight is 427 g/mol. The zero-order chi connectivity index (χ0) is 20.4. The smallest absolute Gasteiger partial charge is 0.153 e. The number of aliphatic hydroxyl groups excluding tert-OH is 1. The Morgan fingerprint density at radius 3 is 2.55 bits per heavy atom. The molecule has 0 aliphatic carbocycles. The second kappa shape index (κ2) is 8.51. The highest BCUT2D eigenvalue weighted by atomic mass is 35.5. The van der Waals surface area contributed by atoms with Gasteiger partial charge in [-0.15, -0.1) is 0 Å². The standard InChI is InChI=1S/C22H20Cl2N4O/c1-14(29)11-25-12-15-13-28-21(26-15)10-9-20(27-28)18-7-4-6-17(22(18)24)16-5-2-3-8-19(16)23/h2-10,13-14,25,29H,11-12H2,1H3/t14-/m0/s1. The molecule has 0 spiro atoms. The van der Waals surface area contributed by atoms with E-state index in [1.807, 2.05) is 60.8 Å². The first-order chi connectivity index (χ1) is 14.0. The molecule has 0 fully saturated rings. The number of rotatable bonds is 6. The largest absolute Gasteiger partial charge is 0.392 e. The molecule has 2 N–H and O–H groups in total. The van der Waals surface area contributed by atoms with E-state index in [0.717, 1.165) is 33.7 Å². The van der Waals surface area contributed by atoms with Gasteiger partial charge in [-0.2, -0.15) is 5.10 Å². The van der Waals surface area contributed by atoms with Crippen LogP contribution in [-0.2, 0) is 6.54 Å². The van der Waals surface area contributed by atoms with Crippen LogP contribution < -0.4 is 5.32 Å². The molecule has 2 aromatic heterocycles. The van der Waals surface area contributed by atoms with Gasteiger partial charge in [0.15, 0.2) is 5.65 Å². The maximum Gasteiger partial charge on any atom is 0.153 e. The zero-order valence-corrected chi connectivity index (χ0v) is 17.3. The first-order valence-electron chi connectivity index (χ1n) is 9.31. The number of nitrogens with one attached hydrogen (secondary N) is 1. The summed E-state index contributed by atoms with van der Waals surface area (Å²) in [6.45, 7) is 2.81. The number of aliphatic hydroxyl groups is 1. The van der Waals surface area contributed by atoms with E-state index in [1.54, 1.807) is 11.4 Å². The number of aromatic nitrogens is 3. The second-order valence-corrected chi connectivity index (χ2v) is 7.67. The van der Waals surface area contributed by atoms with Crippen LogP contribution in [0.5, 0.6) is 0 Å². The zero-order valence-electron chi connectivity index (χ0n) is 15.8. The summed E-state index contributed by atoms with van der Waals surface area (Å²) in [6.07, 6.45) is 1.48. The molecular formula is C22H20Cl2N4O. The van der Waals surface area contributed by atoms with Gasteiger partial charge in [0.2, 0.25) is 0 Å². The van der Waals surface area contributed by atoms with Crippen molar-refractivity contribution in [2.24, 2.45) is 0 Å². The van der Waals surface area contributed by atoms with Crippen molar-refractivity contribution in [3.8, 4) is 22.4 Å². The molecule has 1 atom stereocenters. The summed E-state index contributed by atoms with van der Waals surface area (Å²) in [5.74, 6) is 0. The number of hydrogen-bond acceptors (Lipinski definition) is 4. The minimum Gasteiger partial charge on any atom is -0.392 e. The van der Waals surface area contributed by atoms with Crippen LogP contribution in [-0.4, -0.2) is 32.4 Å². The third-order valence-electron chi connectivity index (χ3n) is 4.55. The lowest BCUT2D eigenvalue weighted by Gasteiger charge is -2.11. The molecule has 148 valence electrons. The van der Waals surface area contributed by atoms with Crippen molar-refractivity contribution in [3.05, 3.63) is 76.5 Å². The van der Waals surface area contributed by atoms with Gasteiger partial charge < -0.3 is 10.4 Å². The normalized spacial score (nSPS) is 12.4. The number of benzene rings is 2. The fraction of sp³-hybridized carbons (Fsp3) is 0.182. The summed E-state index contributed by atoms with van der Waals surface area (Å²) < 4.78 is 1.74. The highest BCUT2D eigenvalue weighted by molar-refractivity contribution is 6.38. The van der Waals surface area contributed by atoms with Gasteiger partial charge in [-0.1, -0.05) is 59.6 Å². The quantitative estimate of drug-likeness (QED) is 0.462. The van der Waals surface area contributed by atoms with Crippen molar-refractivity contribution in [2.45, 2.75) is 19.6 Å². The lowest BCUT2D eigenvalue weighted by atomic mass is 10.0. The predicted octanol–water partition coefficient (Wildman–Crippen LogP) is 4.84. The summed E-state index contributed by atoms with van der Waals surface area (Å²) in [4.78, 5) is 4.55. The molecule has 0 amide bonds. The second-order valence-electron chi connectivity index (χ2n) is 6.88. The van der Waals surface area contributed by atoms with Gasteiger partial charge in [0.25, 0.3) is 0 Å². The van der Waals surface area contributed by atoms with Gasteiger partial charge in [-0.25, -0.2) is 9.50 Å². The SMILES string of the molecule is C[C@H](O)CNCc1cn2nc(-c3cccc(-c4ccccc4Cl)c3Cl)ccc2n1. The molecule has 0 unspecified atom stereocenters. The number of nitrogens with zero attached hydrogens (tertiary/aromatic N) is 3. The van der Waals surface area contributed by atoms with Crippen molar-refractivity contribution in [1.29, 1.82) is 0 Å². The molecular weight excluding hydrogens is 407 g/mol. The van der Waals surface area contributed by atoms with Gasteiger partial charge in [0.1, 0.15) is 0 Å². The lowest BCUT2D eigenvalue weighted by Crippen LogP contribution is -2.23. The average Bonchev–Trinajstić information content (AvgIpc) is 3.10.